The van der Waals surface area contributed by atoms with Crippen LogP contribution in [-0.4, -0.2) is 18.4 Å². The zero-order chi connectivity index (χ0) is 18.7. The number of carbonyl (C=O) groups excluding carboxylic acids is 2. The molecule has 2 aromatic carbocycles. The number of esters is 1. The van der Waals surface area contributed by atoms with Gasteiger partial charge < -0.3 is 4.74 Å². The SMILES string of the molecule is CCOC(=O)[C@@H]1C(=O)C=C(c2ccc(Cl)cc2)C[C@@H]1c1ccc(Cl)cc1. The van der Waals surface area contributed by atoms with E-state index >= 15 is 0 Å². The van der Waals surface area contributed by atoms with Gasteiger partial charge in [0.1, 0.15) is 5.92 Å². The first kappa shape index (κ1) is 18.7. The lowest BCUT2D eigenvalue weighted by molar-refractivity contribution is -0.151. The molecule has 2 aromatic rings. The van der Waals surface area contributed by atoms with E-state index in [0.717, 1.165) is 16.7 Å². The minimum atomic E-state index is -0.841. The molecular weight excluding hydrogens is 371 g/mol. The van der Waals surface area contributed by atoms with Gasteiger partial charge in [-0.15, -0.1) is 0 Å². The number of carbonyl (C=O) groups is 2. The van der Waals surface area contributed by atoms with Crippen LogP contribution in [0.2, 0.25) is 10.0 Å². The number of ether oxygens (including phenoxy) is 1. The monoisotopic (exact) mass is 388 g/mol. The highest BCUT2D eigenvalue weighted by Crippen LogP contribution is 2.40. The summed E-state index contributed by atoms with van der Waals surface area (Å²) in [4.78, 5) is 25.2. The number of hydrogen-bond donors (Lipinski definition) is 0. The third-order valence-corrected chi connectivity index (χ3v) is 5.02. The molecular formula is C21H18Cl2O3. The highest BCUT2D eigenvalue weighted by molar-refractivity contribution is 6.30. The van der Waals surface area contributed by atoms with Crippen LogP contribution in [0.1, 0.15) is 30.4 Å². The van der Waals surface area contributed by atoms with Crippen LogP contribution in [0.25, 0.3) is 5.57 Å². The van der Waals surface area contributed by atoms with E-state index in [1.54, 1.807) is 37.3 Å². The van der Waals surface area contributed by atoms with Gasteiger partial charge in [-0.05, 0) is 60.4 Å². The van der Waals surface area contributed by atoms with E-state index < -0.39 is 11.9 Å². The van der Waals surface area contributed by atoms with Crippen molar-refractivity contribution in [3.8, 4) is 0 Å². The Kier molecular flexibility index (Phi) is 5.80. The fourth-order valence-corrected chi connectivity index (χ4v) is 3.52. The summed E-state index contributed by atoms with van der Waals surface area (Å²) in [6.45, 7) is 1.97. The van der Waals surface area contributed by atoms with Crippen molar-refractivity contribution in [1.29, 1.82) is 0 Å². The maximum absolute atomic E-state index is 12.8. The van der Waals surface area contributed by atoms with Gasteiger partial charge in [-0.2, -0.15) is 0 Å². The fraction of sp³-hybridized carbons (Fsp3) is 0.238. The second-order valence-corrected chi connectivity index (χ2v) is 7.04. The van der Waals surface area contributed by atoms with E-state index in [-0.39, 0.29) is 18.3 Å². The molecule has 0 unspecified atom stereocenters. The second kappa shape index (κ2) is 8.07. The molecule has 5 heteroatoms. The second-order valence-electron chi connectivity index (χ2n) is 6.17. The Hall–Kier alpha value is -2.10. The number of allylic oxidation sites excluding steroid dienone is 2. The van der Waals surface area contributed by atoms with Gasteiger partial charge in [-0.3, -0.25) is 9.59 Å². The van der Waals surface area contributed by atoms with Crippen molar-refractivity contribution < 1.29 is 14.3 Å². The molecule has 3 nitrogen and oxygen atoms in total. The normalized spacial score (nSPS) is 19.8. The quantitative estimate of drug-likeness (QED) is 0.526. The van der Waals surface area contributed by atoms with Crippen LogP contribution in [0.15, 0.2) is 54.6 Å². The van der Waals surface area contributed by atoms with Gasteiger partial charge in [0.05, 0.1) is 6.61 Å². The van der Waals surface area contributed by atoms with Crippen LogP contribution in [-0.2, 0) is 14.3 Å². The van der Waals surface area contributed by atoms with Crippen LogP contribution in [0, 0.1) is 5.92 Å². The van der Waals surface area contributed by atoms with Crippen molar-refractivity contribution in [3.05, 3.63) is 75.8 Å². The lowest BCUT2D eigenvalue weighted by atomic mass is 9.73. The van der Waals surface area contributed by atoms with E-state index in [4.69, 9.17) is 27.9 Å². The average Bonchev–Trinajstić information content (AvgIpc) is 2.62. The zero-order valence-electron chi connectivity index (χ0n) is 14.2. The van der Waals surface area contributed by atoms with Gasteiger partial charge in [0.25, 0.3) is 0 Å². The van der Waals surface area contributed by atoms with E-state index in [9.17, 15) is 9.59 Å². The predicted octanol–water partition coefficient (Wildman–Crippen LogP) is 5.31. The molecule has 134 valence electrons. The summed E-state index contributed by atoms with van der Waals surface area (Å²) < 4.78 is 5.15. The molecule has 0 radical (unpaired) electrons. The molecule has 0 aliphatic heterocycles. The first-order valence-corrected chi connectivity index (χ1v) is 9.17. The van der Waals surface area contributed by atoms with Crippen molar-refractivity contribution in [2.24, 2.45) is 5.92 Å². The number of ketones is 1. The van der Waals surface area contributed by atoms with Crippen molar-refractivity contribution in [2.75, 3.05) is 6.61 Å². The number of benzene rings is 2. The lowest BCUT2D eigenvalue weighted by Gasteiger charge is -2.29. The molecule has 0 saturated carbocycles. The summed E-state index contributed by atoms with van der Waals surface area (Å²) in [7, 11) is 0. The van der Waals surface area contributed by atoms with E-state index in [1.165, 1.54) is 0 Å². The van der Waals surface area contributed by atoms with E-state index in [2.05, 4.69) is 0 Å². The van der Waals surface area contributed by atoms with Crippen LogP contribution in [0.3, 0.4) is 0 Å². The first-order valence-electron chi connectivity index (χ1n) is 8.42. The Morgan fingerprint density at radius 3 is 2.19 bits per heavy atom. The van der Waals surface area contributed by atoms with Gasteiger partial charge in [-0.25, -0.2) is 0 Å². The van der Waals surface area contributed by atoms with E-state index in [1.807, 2.05) is 24.3 Å². The Labute approximate surface area is 162 Å². The molecule has 2 atom stereocenters. The van der Waals surface area contributed by atoms with Gasteiger partial charge in [0.15, 0.2) is 5.78 Å². The minimum absolute atomic E-state index is 0.236. The molecule has 26 heavy (non-hydrogen) atoms. The third-order valence-electron chi connectivity index (χ3n) is 4.52. The van der Waals surface area contributed by atoms with Crippen molar-refractivity contribution in [3.63, 3.8) is 0 Å². The summed E-state index contributed by atoms with van der Waals surface area (Å²) in [6.07, 6.45) is 2.11. The Bertz CT molecular complexity index is 839. The zero-order valence-corrected chi connectivity index (χ0v) is 15.8. The van der Waals surface area contributed by atoms with Crippen LogP contribution in [0.4, 0.5) is 0 Å². The van der Waals surface area contributed by atoms with Gasteiger partial charge >= 0.3 is 5.97 Å². The maximum atomic E-state index is 12.8. The number of hydrogen-bond acceptors (Lipinski definition) is 3. The summed E-state index contributed by atoms with van der Waals surface area (Å²) in [5.74, 6) is -1.86. The largest absolute Gasteiger partial charge is 0.465 e. The smallest absolute Gasteiger partial charge is 0.317 e. The third kappa shape index (κ3) is 4.00. The number of rotatable bonds is 4. The maximum Gasteiger partial charge on any atom is 0.317 e. The topological polar surface area (TPSA) is 43.4 Å². The molecule has 0 N–H and O–H groups in total. The molecule has 0 heterocycles. The summed E-state index contributed by atoms with van der Waals surface area (Å²) >= 11 is 11.9. The van der Waals surface area contributed by atoms with E-state index in [0.29, 0.717) is 16.5 Å². The molecule has 0 saturated heterocycles. The molecule has 0 bridgehead atoms. The summed E-state index contributed by atoms with van der Waals surface area (Å²) in [5, 5.41) is 1.24. The molecule has 0 fully saturated rings. The van der Waals surface area contributed by atoms with Crippen molar-refractivity contribution >= 4 is 40.5 Å². The Balaban J connectivity index is 2.01. The predicted molar refractivity (Wildman–Crippen MR) is 103 cm³/mol. The fourth-order valence-electron chi connectivity index (χ4n) is 3.27. The Morgan fingerprint density at radius 1 is 1.04 bits per heavy atom. The van der Waals surface area contributed by atoms with Gasteiger partial charge in [0, 0.05) is 16.0 Å². The molecule has 0 spiro atoms. The summed E-state index contributed by atoms with van der Waals surface area (Å²) in [5.41, 5.74) is 2.69. The molecule has 1 aliphatic carbocycles. The van der Waals surface area contributed by atoms with Crippen LogP contribution < -0.4 is 0 Å². The number of halogens is 2. The van der Waals surface area contributed by atoms with Gasteiger partial charge in [0.2, 0.25) is 0 Å². The Morgan fingerprint density at radius 2 is 1.62 bits per heavy atom. The first-order chi connectivity index (χ1) is 12.5. The minimum Gasteiger partial charge on any atom is -0.465 e. The molecule has 3 rings (SSSR count). The van der Waals surface area contributed by atoms with Crippen molar-refractivity contribution in [1.82, 2.24) is 0 Å². The van der Waals surface area contributed by atoms with Gasteiger partial charge in [-0.1, -0.05) is 47.5 Å². The molecule has 0 aromatic heterocycles. The molecule has 0 amide bonds. The lowest BCUT2D eigenvalue weighted by Crippen LogP contribution is -2.34. The highest BCUT2D eigenvalue weighted by Gasteiger charge is 2.39. The highest BCUT2D eigenvalue weighted by atomic mass is 35.5. The van der Waals surface area contributed by atoms with Crippen LogP contribution in [0.5, 0.6) is 0 Å². The average molecular weight is 389 g/mol. The molecule has 1 aliphatic rings. The van der Waals surface area contributed by atoms with Crippen molar-refractivity contribution in [2.45, 2.75) is 19.3 Å². The van der Waals surface area contributed by atoms with Crippen LogP contribution >= 0.6 is 23.2 Å². The standard InChI is InChI=1S/C21H18Cl2O3/c1-2-26-21(25)20-18(14-5-9-17(23)10-6-14)11-15(12-19(20)24)13-3-7-16(22)8-4-13/h3-10,12,18,20H,2,11H2,1H3/t18-,20+/m1/s1. The summed E-state index contributed by atoms with van der Waals surface area (Å²) in [6, 6.07) is 14.6.